The van der Waals surface area contributed by atoms with E-state index in [0.29, 0.717) is 50.5 Å². The van der Waals surface area contributed by atoms with Crippen molar-refractivity contribution in [3.05, 3.63) is 12.2 Å². The van der Waals surface area contributed by atoms with Gasteiger partial charge in [0, 0.05) is 5.92 Å². The SMILES string of the molecule is C=C(C)[C@@H](O)CC[C@@](O)(C(=O)O[C@@H]1O[C@H](CO)[C@@H](O)[C@H](O)[C@H]1O)[C@H]1CC[C@]2(C)[C@@H]1CC[C@@H]1[C@@]3(C)CC[C@H](O[C@@H]4OC[C@H](O)[C@H](O[C@@H]5O[C@H](CO[C@@H]6O[C@@H](C)[C@H](O)[C@@H](O)[C@H]6O)[C@@H](O)[C@H](O)[C@H]5O)[C@H]4O[C@@H]4O[C@@H](C)[C@H](O)[C@@H](O)[C@H]4O)[C@](C)(C(=O)O)[C@@H]3CC[C@]12C. The molecular weight excluding hydrogens is 1170 g/mol. The van der Waals surface area contributed by atoms with Gasteiger partial charge in [0.05, 0.1) is 49.7 Å². The molecule has 0 aromatic rings. The maximum absolute atomic E-state index is 14.6. The summed E-state index contributed by atoms with van der Waals surface area (Å²) in [4.78, 5) is 28.8. The quantitative estimate of drug-likeness (QED) is 0.0352. The summed E-state index contributed by atoms with van der Waals surface area (Å²) < 4.78 is 59.6. The first-order chi connectivity index (χ1) is 41.1. The number of aliphatic hydroxyl groups excluding tert-OH is 15. The Morgan fingerprint density at radius 1 is 0.602 bits per heavy atom. The monoisotopic (exact) mass is 1270 g/mol. The van der Waals surface area contributed by atoms with Crippen molar-refractivity contribution < 1.29 is 144 Å². The smallest absolute Gasteiger partial charge is 0.340 e. The number of ether oxygens (including phenoxy) is 10. The molecule has 0 spiro atoms. The van der Waals surface area contributed by atoms with Crippen LogP contribution in [0.2, 0.25) is 0 Å². The standard InChI is InChI=1S/C59H96O29/c1-22(2)27(61)12-18-59(78,54(77)88-51-45(74)40(69)36(65)29(19-60)83-51)26-11-16-56(6)25(26)9-10-31-55(5)15-14-33(58(8,53(75)76)32(55)13-17-57(31,56)7)85-52-47(87-49-43(72)39(68)35(64)24(4)82-49)46(28(62)20-79-52)86-50-44(73)41(70)37(66)30(84-50)21-80-48-42(71)38(67)34(63)23(3)81-48/h23-52,60-74,78H,1,9-21H2,2-8H3,(H,75,76)/t23-,24-,25+,26-,27-,28-,29+,30+,31+,32+,33-,34-,35-,36+,37+,38+,39+,40-,41-,42+,43+,44+,45+,46-,47+,48+,49-,50-,51-,52-,55+,56+,57+,58+,59-/m0/s1. The lowest BCUT2D eigenvalue weighted by atomic mass is 9.35. The van der Waals surface area contributed by atoms with Gasteiger partial charge in [0.25, 0.3) is 0 Å². The van der Waals surface area contributed by atoms with E-state index in [1.807, 2.05) is 0 Å². The van der Waals surface area contributed by atoms with Gasteiger partial charge in [-0.1, -0.05) is 32.9 Å². The number of carbonyl (C=O) groups is 2. The van der Waals surface area contributed by atoms with Gasteiger partial charge < -0.3 is 134 Å². The molecule has 0 radical (unpaired) electrons. The molecule has 506 valence electrons. The molecule has 5 heterocycles. The number of esters is 1. The van der Waals surface area contributed by atoms with Crippen LogP contribution in [-0.2, 0) is 57.0 Å². The lowest BCUT2D eigenvalue weighted by Crippen LogP contribution is -2.68. The first kappa shape index (κ1) is 70.0. The summed E-state index contributed by atoms with van der Waals surface area (Å²) in [6, 6.07) is 0. The van der Waals surface area contributed by atoms with Crippen LogP contribution >= 0.6 is 0 Å². The predicted octanol–water partition coefficient (Wildman–Crippen LogP) is -4.12. The molecule has 4 saturated carbocycles. The average molecular weight is 1270 g/mol. The van der Waals surface area contributed by atoms with E-state index >= 15 is 0 Å². The van der Waals surface area contributed by atoms with Crippen LogP contribution in [0.5, 0.6) is 0 Å². The third kappa shape index (κ3) is 12.1. The number of fused-ring (bicyclic) bond motifs is 5. The average Bonchev–Trinajstić information content (AvgIpc) is 1.16. The number of hydrogen-bond acceptors (Lipinski definition) is 28. The van der Waals surface area contributed by atoms with Crippen LogP contribution in [0, 0.1) is 45.3 Å². The zero-order valence-electron chi connectivity index (χ0n) is 50.7. The molecule has 5 aliphatic heterocycles. The minimum absolute atomic E-state index is 0.101. The summed E-state index contributed by atoms with van der Waals surface area (Å²) >= 11 is 0. The first-order valence-electron chi connectivity index (χ1n) is 30.9. The molecular formula is C59H96O29. The second kappa shape index (κ2) is 26.5. The Hall–Kier alpha value is -2.32. The largest absolute Gasteiger partial charge is 0.481 e. The van der Waals surface area contributed by atoms with Gasteiger partial charge in [0.2, 0.25) is 6.29 Å². The zero-order chi connectivity index (χ0) is 64.8. The number of carboxylic acids is 1. The number of hydrogen-bond donors (Lipinski definition) is 17. The van der Waals surface area contributed by atoms with E-state index in [9.17, 15) is 96.4 Å². The lowest BCUT2D eigenvalue weighted by Gasteiger charge is -2.69. The molecule has 0 aromatic carbocycles. The fourth-order valence-electron chi connectivity index (χ4n) is 17.2. The van der Waals surface area contributed by atoms with Gasteiger partial charge in [-0.2, -0.15) is 0 Å². The topological polar surface area (TPSA) is 470 Å². The summed E-state index contributed by atoms with van der Waals surface area (Å²) in [5, 5.41) is 186. The second-order valence-corrected chi connectivity index (χ2v) is 27.7. The molecule has 5 saturated heterocycles. The summed E-state index contributed by atoms with van der Waals surface area (Å²) in [6.45, 7) is 14.2. The van der Waals surface area contributed by atoms with Gasteiger partial charge in [0.15, 0.2) is 30.8 Å². The fourth-order valence-corrected chi connectivity index (χ4v) is 17.2. The lowest BCUT2D eigenvalue weighted by molar-refractivity contribution is -0.389. The van der Waals surface area contributed by atoms with E-state index in [2.05, 4.69) is 27.4 Å². The Kier molecular flexibility index (Phi) is 21.1. The van der Waals surface area contributed by atoms with Crippen molar-refractivity contribution in [2.24, 2.45) is 45.3 Å². The molecule has 29 nitrogen and oxygen atoms in total. The van der Waals surface area contributed by atoms with Gasteiger partial charge in [-0.3, -0.25) is 4.79 Å². The third-order valence-corrected chi connectivity index (χ3v) is 22.9. The van der Waals surface area contributed by atoms with Crippen LogP contribution in [0.3, 0.4) is 0 Å². The van der Waals surface area contributed by atoms with E-state index < -0.39 is 230 Å². The minimum Gasteiger partial charge on any atom is -0.481 e. The summed E-state index contributed by atoms with van der Waals surface area (Å²) in [7, 11) is 0. The van der Waals surface area contributed by atoms with Crippen LogP contribution in [0.4, 0.5) is 0 Å². The van der Waals surface area contributed by atoms with Crippen molar-refractivity contribution in [2.45, 2.75) is 278 Å². The second-order valence-electron chi connectivity index (χ2n) is 27.7. The van der Waals surface area contributed by atoms with E-state index in [0.717, 1.165) is 0 Å². The van der Waals surface area contributed by atoms with Gasteiger partial charge in [0.1, 0.15) is 104 Å². The molecule has 29 heteroatoms. The summed E-state index contributed by atoms with van der Waals surface area (Å²) in [6.07, 6.45) is -40.5. The fraction of sp³-hybridized carbons (Fsp3) is 0.932. The third-order valence-electron chi connectivity index (χ3n) is 22.9. The van der Waals surface area contributed by atoms with Crippen molar-refractivity contribution in [2.75, 3.05) is 19.8 Å². The van der Waals surface area contributed by atoms with Crippen LogP contribution in [0.1, 0.15) is 113 Å². The van der Waals surface area contributed by atoms with E-state index in [4.69, 9.17) is 47.4 Å². The number of aliphatic carboxylic acids is 1. The van der Waals surface area contributed by atoms with Crippen molar-refractivity contribution >= 4 is 11.9 Å². The van der Waals surface area contributed by atoms with E-state index in [1.165, 1.54) is 13.8 Å². The molecule has 88 heavy (non-hydrogen) atoms. The Balaban J connectivity index is 0.965. The summed E-state index contributed by atoms with van der Waals surface area (Å²) in [5.41, 5.74) is -5.44. The van der Waals surface area contributed by atoms with Crippen LogP contribution in [0.15, 0.2) is 12.2 Å². The van der Waals surface area contributed by atoms with Crippen LogP contribution < -0.4 is 0 Å². The molecule has 17 N–H and O–H groups in total. The number of carboxylic acid groups (broad SMARTS) is 1. The molecule has 0 amide bonds. The molecule has 9 rings (SSSR count). The molecule has 0 aromatic heterocycles. The van der Waals surface area contributed by atoms with Gasteiger partial charge in [-0.25, -0.2) is 4.79 Å². The summed E-state index contributed by atoms with van der Waals surface area (Å²) in [5.74, 6) is -4.24. The number of aliphatic hydroxyl groups is 16. The zero-order valence-corrected chi connectivity index (χ0v) is 50.7. The van der Waals surface area contributed by atoms with Crippen LogP contribution in [0.25, 0.3) is 0 Å². The van der Waals surface area contributed by atoms with Crippen molar-refractivity contribution in [1.82, 2.24) is 0 Å². The maximum Gasteiger partial charge on any atom is 0.340 e. The van der Waals surface area contributed by atoms with Crippen molar-refractivity contribution in [3.8, 4) is 0 Å². The van der Waals surface area contributed by atoms with Crippen molar-refractivity contribution in [3.63, 3.8) is 0 Å². The van der Waals surface area contributed by atoms with Gasteiger partial charge in [-0.05, 0) is 126 Å². The van der Waals surface area contributed by atoms with Crippen LogP contribution in [-0.4, -0.2) is 284 Å². The van der Waals surface area contributed by atoms with E-state index in [-0.39, 0.29) is 31.1 Å². The Bertz CT molecular complexity index is 2430. The van der Waals surface area contributed by atoms with Crippen molar-refractivity contribution in [1.29, 1.82) is 0 Å². The molecule has 9 fully saturated rings. The highest BCUT2D eigenvalue weighted by Crippen LogP contribution is 2.76. The minimum atomic E-state index is -2.29. The number of rotatable bonds is 18. The van der Waals surface area contributed by atoms with Gasteiger partial charge in [-0.15, -0.1) is 0 Å². The molecule has 4 aliphatic carbocycles. The normalized spacial score (nSPS) is 52.5. The molecule has 35 atom stereocenters. The highest BCUT2D eigenvalue weighted by atomic mass is 16.8. The molecule has 0 unspecified atom stereocenters. The Morgan fingerprint density at radius 2 is 1.14 bits per heavy atom. The Morgan fingerprint density at radius 3 is 1.74 bits per heavy atom. The Labute approximate surface area is 509 Å². The van der Waals surface area contributed by atoms with E-state index in [1.54, 1.807) is 13.8 Å². The first-order valence-corrected chi connectivity index (χ1v) is 30.9. The molecule has 9 aliphatic rings. The number of carbonyl (C=O) groups excluding carboxylic acids is 1. The predicted molar refractivity (Wildman–Crippen MR) is 294 cm³/mol. The van der Waals surface area contributed by atoms with Gasteiger partial charge >= 0.3 is 11.9 Å². The highest BCUT2D eigenvalue weighted by molar-refractivity contribution is 5.80. The highest BCUT2D eigenvalue weighted by Gasteiger charge is 2.73. The molecule has 0 bridgehead atoms. The maximum atomic E-state index is 14.6.